The van der Waals surface area contributed by atoms with Crippen molar-refractivity contribution < 1.29 is 18.7 Å². The monoisotopic (exact) mass is 257 g/mol. The van der Waals surface area contributed by atoms with Gasteiger partial charge in [0.25, 0.3) is 0 Å². The fourth-order valence-electron chi connectivity index (χ4n) is 1.68. The van der Waals surface area contributed by atoms with Crippen LogP contribution >= 0.6 is 0 Å². The molecule has 1 aromatic carbocycles. The Morgan fingerprint density at radius 2 is 1.67 bits per heavy atom. The predicted molar refractivity (Wildman–Crippen MR) is 66.0 cm³/mol. The first-order chi connectivity index (χ1) is 8.25. The molecule has 0 spiro atoms. The molecule has 0 amide bonds. The van der Waals surface area contributed by atoms with Crippen LogP contribution in [0.4, 0.5) is 14.5 Å². The van der Waals surface area contributed by atoms with Gasteiger partial charge < -0.3 is 10.0 Å². The van der Waals surface area contributed by atoms with E-state index in [0.29, 0.717) is 0 Å². The Hall–Kier alpha value is -1.65. The molecule has 0 bridgehead atoms. The molecular weight excluding hydrogens is 240 g/mol. The summed E-state index contributed by atoms with van der Waals surface area (Å²) in [6.45, 7) is 5.75. The van der Waals surface area contributed by atoms with E-state index in [2.05, 4.69) is 0 Å². The van der Waals surface area contributed by atoms with Gasteiger partial charge in [0, 0.05) is 13.1 Å². The van der Waals surface area contributed by atoms with E-state index in [-0.39, 0.29) is 23.2 Å². The maximum Gasteiger partial charge on any atom is 0.335 e. The highest BCUT2D eigenvalue weighted by atomic mass is 19.1. The maximum absolute atomic E-state index is 13.8. The summed E-state index contributed by atoms with van der Waals surface area (Å²) in [5, 5.41) is 8.71. The molecule has 0 heterocycles. The van der Waals surface area contributed by atoms with Crippen molar-refractivity contribution in [1.82, 2.24) is 0 Å². The van der Waals surface area contributed by atoms with Gasteiger partial charge in [0.1, 0.15) is 17.3 Å². The summed E-state index contributed by atoms with van der Waals surface area (Å²) in [6.07, 6.45) is 0. The number of anilines is 1. The lowest BCUT2D eigenvalue weighted by Gasteiger charge is -2.30. The van der Waals surface area contributed by atoms with Gasteiger partial charge in [0.05, 0.1) is 5.56 Å². The van der Waals surface area contributed by atoms with Crippen LogP contribution < -0.4 is 4.90 Å². The third-order valence-electron chi connectivity index (χ3n) is 3.19. The minimum absolute atomic E-state index is 0.0651. The SMILES string of the molecule is CC(C)C(C)N(C)c1c(F)cc(C(=O)O)cc1F. The summed E-state index contributed by atoms with van der Waals surface area (Å²) < 4.78 is 27.6. The van der Waals surface area contributed by atoms with Gasteiger partial charge in [0.2, 0.25) is 0 Å². The Morgan fingerprint density at radius 1 is 1.22 bits per heavy atom. The highest BCUT2D eigenvalue weighted by Gasteiger charge is 2.22. The zero-order valence-electron chi connectivity index (χ0n) is 10.9. The molecule has 1 aromatic rings. The molecule has 3 nitrogen and oxygen atoms in total. The summed E-state index contributed by atoms with van der Waals surface area (Å²) in [7, 11) is 1.59. The Kier molecular flexibility index (Phi) is 4.27. The fraction of sp³-hybridized carbons (Fsp3) is 0.462. The minimum atomic E-state index is -1.35. The average Bonchev–Trinajstić information content (AvgIpc) is 2.26. The van der Waals surface area contributed by atoms with Gasteiger partial charge in [-0.05, 0) is 25.0 Å². The van der Waals surface area contributed by atoms with E-state index < -0.39 is 17.6 Å². The number of hydrogen-bond donors (Lipinski definition) is 1. The van der Waals surface area contributed by atoms with Crippen LogP contribution in [-0.2, 0) is 0 Å². The van der Waals surface area contributed by atoms with Crippen molar-refractivity contribution in [3.05, 3.63) is 29.3 Å². The largest absolute Gasteiger partial charge is 0.478 e. The second kappa shape index (κ2) is 5.33. The molecule has 0 fully saturated rings. The lowest BCUT2D eigenvalue weighted by molar-refractivity contribution is 0.0695. The van der Waals surface area contributed by atoms with Gasteiger partial charge >= 0.3 is 5.97 Å². The van der Waals surface area contributed by atoms with Gasteiger partial charge in [-0.15, -0.1) is 0 Å². The first kappa shape index (κ1) is 14.4. The van der Waals surface area contributed by atoms with Crippen molar-refractivity contribution in [3.8, 4) is 0 Å². The van der Waals surface area contributed by atoms with Crippen molar-refractivity contribution in [2.45, 2.75) is 26.8 Å². The minimum Gasteiger partial charge on any atom is -0.478 e. The number of rotatable bonds is 4. The number of carbonyl (C=O) groups is 1. The van der Waals surface area contributed by atoms with E-state index >= 15 is 0 Å². The van der Waals surface area contributed by atoms with Gasteiger partial charge in [-0.2, -0.15) is 0 Å². The van der Waals surface area contributed by atoms with E-state index in [1.54, 1.807) is 7.05 Å². The summed E-state index contributed by atoms with van der Waals surface area (Å²) in [4.78, 5) is 12.2. The second-order valence-corrected chi connectivity index (χ2v) is 4.69. The molecule has 0 aliphatic carbocycles. The van der Waals surface area contributed by atoms with Gasteiger partial charge in [-0.25, -0.2) is 13.6 Å². The van der Waals surface area contributed by atoms with Crippen molar-refractivity contribution in [3.63, 3.8) is 0 Å². The normalized spacial score (nSPS) is 12.6. The maximum atomic E-state index is 13.8. The van der Waals surface area contributed by atoms with Crippen molar-refractivity contribution in [1.29, 1.82) is 0 Å². The second-order valence-electron chi connectivity index (χ2n) is 4.69. The van der Waals surface area contributed by atoms with Crippen molar-refractivity contribution >= 4 is 11.7 Å². The molecule has 0 saturated heterocycles. The Bertz CT molecular complexity index is 437. The molecule has 1 atom stereocenters. The van der Waals surface area contributed by atoms with Gasteiger partial charge in [-0.1, -0.05) is 13.8 Å². The zero-order chi connectivity index (χ0) is 14.0. The van der Waals surface area contributed by atoms with Crippen LogP contribution in [0.5, 0.6) is 0 Å². The topological polar surface area (TPSA) is 40.5 Å². The van der Waals surface area contributed by atoms with E-state index in [1.807, 2.05) is 20.8 Å². The van der Waals surface area contributed by atoms with E-state index in [9.17, 15) is 13.6 Å². The van der Waals surface area contributed by atoms with Crippen LogP contribution in [-0.4, -0.2) is 24.2 Å². The van der Waals surface area contributed by atoms with Gasteiger partial charge in [-0.3, -0.25) is 0 Å². The van der Waals surface area contributed by atoms with Crippen LogP contribution in [0.25, 0.3) is 0 Å². The first-order valence-electron chi connectivity index (χ1n) is 5.70. The molecule has 0 aliphatic rings. The van der Waals surface area contributed by atoms with E-state index in [4.69, 9.17) is 5.11 Å². The molecular formula is C13H17F2NO2. The standard InChI is InChI=1S/C13H17F2NO2/c1-7(2)8(3)16(4)12-10(14)5-9(13(17)18)6-11(12)15/h5-8H,1-4H3,(H,17,18). The summed E-state index contributed by atoms with van der Waals surface area (Å²) in [5.74, 6) is -2.85. The predicted octanol–water partition coefficient (Wildman–Crippen LogP) is 3.14. The zero-order valence-corrected chi connectivity index (χ0v) is 10.9. The average molecular weight is 257 g/mol. The molecule has 0 saturated carbocycles. The van der Waals surface area contributed by atoms with Crippen LogP contribution in [0.2, 0.25) is 0 Å². The number of aromatic carboxylic acids is 1. The summed E-state index contributed by atoms with van der Waals surface area (Å²) in [6, 6.07) is 1.61. The van der Waals surface area contributed by atoms with Crippen LogP contribution in [0, 0.1) is 17.6 Å². The number of hydrogen-bond acceptors (Lipinski definition) is 2. The van der Waals surface area contributed by atoms with Crippen LogP contribution in [0.3, 0.4) is 0 Å². The Balaban J connectivity index is 3.22. The highest BCUT2D eigenvalue weighted by Crippen LogP contribution is 2.27. The summed E-state index contributed by atoms with van der Waals surface area (Å²) >= 11 is 0. The van der Waals surface area contributed by atoms with Crippen LogP contribution in [0.1, 0.15) is 31.1 Å². The molecule has 1 N–H and O–H groups in total. The van der Waals surface area contributed by atoms with E-state index in [0.717, 1.165) is 12.1 Å². The first-order valence-corrected chi connectivity index (χ1v) is 5.70. The number of carboxylic acid groups (broad SMARTS) is 1. The Morgan fingerprint density at radius 3 is 2.00 bits per heavy atom. The summed E-state index contributed by atoms with van der Waals surface area (Å²) in [5.41, 5.74) is -0.583. The molecule has 0 radical (unpaired) electrons. The molecule has 0 aliphatic heterocycles. The molecule has 18 heavy (non-hydrogen) atoms. The molecule has 5 heteroatoms. The van der Waals surface area contributed by atoms with Crippen molar-refractivity contribution in [2.75, 3.05) is 11.9 Å². The molecule has 100 valence electrons. The van der Waals surface area contributed by atoms with Gasteiger partial charge in [0.15, 0.2) is 0 Å². The number of carboxylic acids is 1. The number of nitrogens with zero attached hydrogens (tertiary/aromatic N) is 1. The Labute approximate surface area is 105 Å². The molecule has 1 unspecified atom stereocenters. The molecule has 0 aromatic heterocycles. The van der Waals surface area contributed by atoms with E-state index in [1.165, 1.54) is 4.90 Å². The number of benzene rings is 1. The quantitative estimate of drug-likeness (QED) is 0.900. The van der Waals surface area contributed by atoms with Crippen LogP contribution in [0.15, 0.2) is 12.1 Å². The lowest BCUT2D eigenvalue weighted by atomic mass is 10.0. The number of halogens is 2. The third kappa shape index (κ3) is 2.78. The fourth-order valence-corrected chi connectivity index (χ4v) is 1.68. The highest BCUT2D eigenvalue weighted by molar-refractivity contribution is 5.88. The van der Waals surface area contributed by atoms with Crippen molar-refractivity contribution in [2.24, 2.45) is 5.92 Å². The molecule has 1 rings (SSSR count). The smallest absolute Gasteiger partial charge is 0.335 e. The third-order valence-corrected chi connectivity index (χ3v) is 3.19. The lowest BCUT2D eigenvalue weighted by Crippen LogP contribution is -2.34.